The van der Waals surface area contributed by atoms with Crippen LogP contribution in [0.5, 0.6) is 11.5 Å². The quantitative estimate of drug-likeness (QED) is 0.328. The Kier molecular flexibility index (Phi) is 9.71. The summed E-state index contributed by atoms with van der Waals surface area (Å²) in [5, 5.41) is 6.92. The van der Waals surface area contributed by atoms with Crippen LogP contribution in [0.3, 0.4) is 0 Å². The predicted octanol–water partition coefficient (Wildman–Crippen LogP) is 3.74. The van der Waals surface area contributed by atoms with E-state index in [9.17, 15) is 0 Å². The smallest absolute Gasteiger partial charge is 0.191 e. The van der Waals surface area contributed by atoms with Gasteiger partial charge in [0.05, 0.1) is 14.2 Å². The molecule has 1 aliphatic rings. The number of hydrogen-bond acceptors (Lipinski definition) is 4. The molecule has 0 unspecified atom stereocenters. The van der Waals surface area contributed by atoms with Crippen LogP contribution in [0.1, 0.15) is 24.0 Å². The van der Waals surface area contributed by atoms with Gasteiger partial charge in [0.25, 0.3) is 0 Å². The van der Waals surface area contributed by atoms with Crippen LogP contribution < -0.4 is 20.1 Å². The zero-order valence-corrected chi connectivity index (χ0v) is 20.3. The molecule has 0 aromatic heterocycles. The second kappa shape index (κ2) is 12.0. The molecule has 1 aliphatic heterocycles. The maximum absolute atomic E-state index is 5.63. The first-order chi connectivity index (χ1) is 14.2. The van der Waals surface area contributed by atoms with E-state index in [-0.39, 0.29) is 29.4 Å². The molecule has 2 N–H and O–H groups in total. The second-order valence-corrected chi connectivity index (χ2v) is 7.22. The minimum atomic E-state index is 0. The summed E-state index contributed by atoms with van der Waals surface area (Å²) >= 11 is 0. The number of guanidine groups is 1. The van der Waals surface area contributed by atoms with Crippen LogP contribution >= 0.6 is 24.0 Å². The van der Waals surface area contributed by atoms with E-state index in [4.69, 9.17) is 14.2 Å². The van der Waals surface area contributed by atoms with Crippen LogP contribution in [0.25, 0.3) is 0 Å². The molecule has 0 atom stereocenters. The van der Waals surface area contributed by atoms with Crippen molar-refractivity contribution in [1.82, 2.24) is 10.6 Å². The molecule has 3 rings (SSSR count). The first-order valence-electron chi connectivity index (χ1n) is 9.99. The summed E-state index contributed by atoms with van der Waals surface area (Å²) in [5.41, 5.74) is 2.44. The minimum absolute atomic E-state index is 0. The van der Waals surface area contributed by atoms with Gasteiger partial charge in [-0.15, -0.1) is 24.0 Å². The average molecular weight is 525 g/mol. The Balaban J connectivity index is 0.00000320. The van der Waals surface area contributed by atoms with Gasteiger partial charge in [0.15, 0.2) is 5.96 Å². The fourth-order valence-electron chi connectivity index (χ4n) is 3.77. The highest BCUT2D eigenvalue weighted by molar-refractivity contribution is 14.0. The van der Waals surface area contributed by atoms with Gasteiger partial charge in [-0.05, 0) is 30.5 Å². The Morgan fingerprint density at radius 3 is 2.40 bits per heavy atom. The monoisotopic (exact) mass is 525 g/mol. The van der Waals surface area contributed by atoms with Gasteiger partial charge in [-0.1, -0.05) is 30.3 Å². The zero-order chi connectivity index (χ0) is 20.5. The van der Waals surface area contributed by atoms with Crippen LogP contribution in [0.2, 0.25) is 0 Å². The number of nitrogens with zero attached hydrogens (tertiary/aromatic N) is 1. The third kappa shape index (κ3) is 6.01. The maximum atomic E-state index is 5.63. The number of methoxy groups -OCH3 is 2. The Morgan fingerprint density at radius 2 is 1.77 bits per heavy atom. The molecule has 1 saturated heterocycles. The van der Waals surface area contributed by atoms with Crippen LogP contribution in [-0.2, 0) is 16.7 Å². The normalized spacial score (nSPS) is 15.6. The molecule has 2 aromatic carbocycles. The van der Waals surface area contributed by atoms with Crippen molar-refractivity contribution in [3.05, 3.63) is 59.7 Å². The highest BCUT2D eigenvalue weighted by Crippen LogP contribution is 2.34. The lowest BCUT2D eigenvalue weighted by Gasteiger charge is -2.38. The Bertz CT molecular complexity index is 809. The van der Waals surface area contributed by atoms with Gasteiger partial charge >= 0.3 is 0 Å². The van der Waals surface area contributed by atoms with Gasteiger partial charge in [-0.2, -0.15) is 0 Å². The summed E-state index contributed by atoms with van der Waals surface area (Å²) in [4.78, 5) is 4.40. The number of nitrogens with one attached hydrogen (secondary N) is 2. The molecule has 6 nitrogen and oxygen atoms in total. The van der Waals surface area contributed by atoms with E-state index in [1.165, 1.54) is 5.56 Å². The van der Waals surface area contributed by atoms with E-state index in [0.717, 1.165) is 55.6 Å². The molecule has 30 heavy (non-hydrogen) atoms. The maximum Gasteiger partial charge on any atom is 0.191 e. The first-order valence-corrected chi connectivity index (χ1v) is 9.99. The Hall–Kier alpha value is -2.00. The summed E-state index contributed by atoms with van der Waals surface area (Å²) in [6.07, 6.45) is 1.99. The highest BCUT2D eigenvalue weighted by Gasteiger charge is 2.34. The highest BCUT2D eigenvalue weighted by atomic mass is 127. The fraction of sp³-hybridized carbons (Fsp3) is 0.435. The van der Waals surface area contributed by atoms with Crippen LogP contribution in [-0.4, -0.2) is 47.0 Å². The lowest BCUT2D eigenvalue weighted by atomic mass is 9.74. The van der Waals surface area contributed by atoms with Crippen LogP contribution in [0, 0.1) is 0 Å². The summed E-state index contributed by atoms with van der Waals surface area (Å²) in [6, 6.07) is 16.5. The van der Waals surface area contributed by atoms with Gasteiger partial charge in [-0.25, -0.2) is 0 Å². The van der Waals surface area contributed by atoms with E-state index in [2.05, 4.69) is 46.0 Å². The number of ether oxygens (including phenoxy) is 3. The third-order valence-electron chi connectivity index (χ3n) is 5.59. The topological polar surface area (TPSA) is 64.1 Å². The minimum Gasteiger partial charge on any atom is -0.497 e. The van der Waals surface area contributed by atoms with Gasteiger partial charge < -0.3 is 24.8 Å². The molecule has 1 fully saturated rings. The molecule has 1 heterocycles. The van der Waals surface area contributed by atoms with E-state index in [1.807, 2.05) is 18.2 Å². The molecule has 2 aromatic rings. The standard InChI is InChI=1S/C23H31N3O3.HI/c1-24-22(25-16-18-9-10-20(27-2)15-21(18)28-3)26-17-23(11-13-29-14-12-23)19-7-5-4-6-8-19;/h4-10,15H,11-14,16-17H2,1-3H3,(H2,24,25,26);1H. The van der Waals surface area contributed by atoms with Gasteiger partial charge in [-0.3, -0.25) is 4.99 Å². The molecular formula is C23H32IN3O3. The second-order valence-electron chi connectivity index (χ2n) is 7.22. The Labute approximate surface area is 196 Å². The predicted molar refractivity (Wildman–Crippen MR) is 131 cm³/mol. The lowest BCUT2D eigenvalue weighted by Crippen LogP contribution is -2.47. The van der Waals surface area contributed by atoms with Gasteiger partial charge in [0.1, 0.15) is 11.5 Å². The van der Waals surface area contributed by atoms with E-state index in [0.29, 0.717) is 6.54 Å². The van der Waals surface area contributed by atoms with Crippen LogP contribution in [0.15, 0.2) is 53.5 Å². The van der Waals surface area contributed by atoms with E-state index < -0.39 is 0 Å². The number of benzene rings is 2. The number of rotatable bonds is 7. The van der Waals surface area contributed by atoms with E-state index in [1.54, 1.807) is 21.3 Å². The summed E-state index contributed by atoms with van der Waals surface area (Å²) < 4.78 is 16.4. The van der Waals surface area contributed by atoms with Crippen molar-refractivity contribution in [2.45, 2.75) is 24.8 Å². The van der Waals surface area contributed by atoms with Crippen molar-refractivity contribution in [2.24, 2.45) is 4.99 Å². The summed E-state index contributed by atoms with van der Waals surface area (Å²) in [6.45, 7) is 2.98. The van der Waals surface area contributed by atoms with Crippen molar-refractivity contribution in [1.29, 1.82) is 0 Å². The largest absolute Gasteiger partial charge is 0.497 e. The van der Waals surface area contributed by atoms with Crippen molar-refractivity contribution in [2.75, 3.05) is 41.0 Å². The molecule has 0 bridgehead atoms. The molecule has 0 spiro atoms. The molecule has 0 aliphatic carbocycles. The van der Waals surface area contributed by atoms with Gasteiger partial charge in [0, 0.05) is 50.4 Å². The molecular weight excluding hydrogens is 493 g/mol. The van der Waals surface area contributed by atoms with Crippen molar-refractivity contribution in [3.8, 4) is 11.5 Å². The van der Waals surface area contributed by atoms with Gasteiger partial charge in [0.2, 0.25) is 0 Å². The molecule has 7 heteroatoms. The third-order valence-corrected chi connectivity index (χ3v) is 5.59. The average Bonchev–Trinajstić information content (AvgIpc) is 2.80. The van der Waals surface area contributed by atoms with Crippen molar-refractivity contribution >= 4 is 29.9 Å². The number of halogens is 1. The molecule has 164 valence electrons. The summed E-state index contributed by atoms with van der Waals surface area (Å²) in [5.74, 6) is 2.33. The SMILES string of the molecule is CN=C(NCc1ccc(OC)cc1OC)NCC1(c2ccccc2)CCOCC1.I. The van der Waals surface area contributed by atoms with E-state index >= 15 is 0 Å². The lowest BCUT2D eigenvalue weighted by molar-refractivity contribution is 0.0514. The zero-order valence-electron chi connectivity index (χ0n) is 17.9. The molecule has 0 saturated carbocycles. The van der Waals surface area contributed by atoms with Crippen molar-refractivity contribution in [3.63, 3.8) is 0 Å². The Morgan fingerprint density at radius 1 is 1.03 bits per heavy atom. The summed E-state index contributed by atoms with van der Waals surface area (Å²) in [7, 11) is 5.11. The fourth-order valence-corrected chi connectivity index (χ4v) is 3.77. The molecule has 0 amide bonds. The number of aliphatic imine (C=N–C) groups is 1. The first kappa shape index (κ1) is 24.3. The van der Waals surface area contributed by atoms with Crippen LogP contribution in [0.4, 0.5) is 0 Å². The molecule has 0 radical (unpaired) electrons. The van der Waals surface area contributed by atoms with Crippen molar-refractivity contribution < 1.29 is 14.2 Å². The number of hydrogen-bond donors (Lipinski definition) is 2.